The molecule has 0 heterocycles. The van der Waals surface area contributed by atoms with Gasteiger partial charge in [-0.2, -0.15) is 0 Å². The molecule has 12 heavy (non-hydrogen) atoms. The van der Waals surface area contributed by atoms with Crippen molar-refractivity contribution in [2.75, 3.05) is 5.73 Å². The average Bonchev–Trinajstić information content (AvgIpc) is 1.94. The summed E-state index contributed by atoms with van der Waals surface area (Å²) in [4.78, 5) is 10.3. The number of carbonyl (C=O) groups is 1. The molecule has 0 aromatic heterocycles. The minimum absolute atomic E-state index is 0.0359. The summed E-state index contributed by atoms with van der Waals surface area (Å²) in [5.74, 6) is -0.437. The van der Waals surface area contributed by atoms with Crippen molar-refractivity contribution in [3.05, 3.63) is 24.0 Å². The maximum Gasteiger partial charge on any atom is 0.410 e. The lowest BCUT2D eigenvalue weighted by Crippen LogP contribution is -2.17. The maximum absolute atomic E-state index is 12.4. The molecule has 0 saturated carbocycles. The molecule has 0 radical (unpaired) electrons. The van der Waals surface area contributed by atoms with Crippen LogP contribution in [0.1, 0.15) is 0 Å². The Hall–Kier alpha value is -1.78. The molecule has 1 amide bonds. The van der Waals surface area contributed by atoms with Crippen LogP contribution in [0.5, 0.6) is 5.75 Å². The number of nitrogens with two attached hydrogens (primary N) is 2. The standard InChI is InChI=1S/C7H7FN2O2/c8-4-1-2-6(5(9)3-4)12-7(10)11/h1-3H,9H2,(H2,10,11). The Morgan fingerprint density at radius 3 is 2.67 bits per heavy atom. The summed E-state index contributed by atoms with van der Waals surface area (Å²) < 4.78 is 16.9. The smallest absolute Gasteiger partial charge is 0.408 e. The number of rotatable bonds is 1. The van der Waals surface area contributed by atoms with E-state index in [2.05, 4.69) is 4.74 Å². The summed E-state index contributed by atoms with van der Waals surface area (Å²) in [7, 11) is 0. The van der Waals surface area contributed by atoms with Gasteiger partial charge in [-0.3, -0.25) is 0 Å². The number of ether oxygens (including phenoxy) is 1. The summed E-state index contributed by atoms with van der Waals surface area (Å²) in [6.07, 6.45) is -0.978. The molecular weight excluding hydrogens is 163 g/mol. The number of hydrogen-bond acceptors (Lipinski definition) is 3. The number of carbonyl (C=O) groups excluding carboxylic acids is 1. The van der Waals surface area contributed by atoms with Crippen LogP contribution in [0.15, 0.2) is 18.2 Å². The van der Waals surface area contributed by atoms with Crippen LogP contribution < -0.4 is 16.2 Å². The monoisotopic (exact) mass is 170 g/mol. The number of hydrogen-bond donors (Lipinski definition) is 2. The molecule has 0 aliphatic heterocycles. The van der Waals surface area contributed by atoms with Gasteiger partial charge < -0.3 is 16.2 Å². The van der Waals surface area contributed by atoms with Crippen molar-refractivity contribution in [1.29, 1.82) is 0 Å². The molecule has 0 atom stereocenters. The lowest BCUT2D eigenvalue weighted by Gasteiger charge is -2.03. The van der Waals surface area contributed by atoms with Gasteiger partial charge in [-0.15, -0.1) is 0 Å². The lowest BCUT2D eigenvalue weighted by atomic mass is 10.3. The SMILES string of the molecule is NC(=O)Oc1ccc(F)cc1N. The van der Waals surface area contributed by atoms with E-state index in [1.54, 1.807) is 0 Å². The summed E-state index contributed by atoms with van der Waals surface area (Å²) in [6, 6.07) is 3.39. The summed E-state index contributed by atoms with van der Waals surface area (Å²) in [5.41, 5.74) is 10.1. The number of amides is 1. The van der Waals surface area contributed by atoms with Gasteiger partial charge in [0.05, 0.1) is 5.69 Å². The Balaban J connectivity index is 2.93. The third kappa shape index (κ3) is 1.85. The number of anilines is 1. The van der Waals surface area contributed by atoms with Gasteiger partial charge in [0, 0.05) is 6.07 Å². The quantitative estimate of drug-likeness (QED) is 0.613. The van der Waals surface area contributed by atoms with Crippen LogP contribution in [0.2, 0.25) is 0 Å². The first-order valence-electron chi connectivity index (χ1n) is 3.12. The minimum atomic E-state index is -0.978. The number of benzene rings is 1. The molecule has 1 aromatic rings. The Kier molecular flexibility index (Phi) is 2.14. The van der Waals surface area contributed by atoms with Crippen LogP contribution in [-0.2, 0) is 0 Å². The van der Waals surface area contributed by atoms with E-state index in [9.17, 15) is 9.18 Å². The van der Waals surface area contributed by atoms with Gasteiger partial charge in [0.2, 0.25) is 0 Å². The van der Waals surface area contributed by atoms with E-state index >= 15 is 0 Å². The zero-order valence-corrected chi connectivity index (χ0v) is 6.08. The molecule has 4 nitrogen and oxygen atoms in total. The van der Waals surface area contributed by atoms with Gasteiger partial charge in [-0.05, 0) is 12.1 Å². The van der Waals surface area contributed by atoms with E-state index < -0.39 is 11.9 Å². The van der Waals surface area contributed by atoms with Crippen LogP contribution in [0, 0.1) is 5.82 Å². The Bertz CT molecular complexity index is 314. The van der Waals surface area contributed by atoms with E-state index in [1.807, 2.05) is 0 Å². The molecule has 0 fully saturated rings. The first-order valence-corrected chi connectivity index (χ1v) is 3.12. The summed E-state index contributed by atoms with van der Waals surface area (Å²) in [6.45, 7) is 0. The van der Waals surface area contributed by atoms with Gasteiger partial charge in [-0.25, -0.2) is 9.18 Å². The minimum Gasteiger partial charge on any atom is -0.408 e. The zero-order chi connectivity index (χ0) is 9.14. The highest BCUT2D eigenvalue weighted by Crippen LogP contribution is 2.21. The second kappa shape index (κ2) is 3.08. The molecule has 4 N–H and O–H groups in total. The van der Waals surface area contributed by atoms with E-state index in [4.69, 9.17) is 11.5 Å². The highest BCUT2D eigenvalue weighted by Gasteiger charge is 2.03. The molecule has 0 saturated heterocycles. The highest BCUT2D eigenvalue weighted by molar-refractivity contribution is 5.70. The van der Waals surface area contributed by atoms with Crippen molar-refractivity contribution in [2.45, 2.75) is 0 Å². The van der Waals surface area contributed by atoms with Gasteiger partial charge in [-0.1, -0.05) is 0 Å². The molecule has 1 aromatic carbocycles. The first-order chi connectivity index (χ1) is 5.59. The molecule has 0 aliphatic carbocycles. The molecule has 0 spiro atoms. The van der Waals surface area contributed by atoms with Crippen LogP contribution >= 0.6 is 0 Å². The number of halogens is 1. The zero-order valence-electron chi connectivity index (χ0n) is 6.08. The lowest BCUT2D eigenvalue weighted by molar-refractivity contribution is 0.211. The second-order valence-corrected chi connectivity index (χ2v) is 2.10. The number of primary amides is 1. The van der Waals surface area contributed by atoms with Crippen molar-refractivity contribution in [1.82, 2.24) is 0 Å². The normalized spacial score (nSPS) is 9.42. The molecule has 0 bridgehead atoms. The predicted octanol–water partition coefficient (Wildman–Crippen LogP) is 0.865. The summed E-state index contributed by atoms with van der Waals surface area (Å²) >= 11 is 0. The largest absolute Gasteiger partial charge is 0.410 e. The maximum atomic E-state index is 12.4. The van der Waals surface area contributed by atoms with Crippen molar-refractivity contribution in [2.24, 2.45) is 5.73 Å². The van der Waals surface area contributed by atoms with E-state index in [0.717, 1.165) is 12.1 Å². The van der Waals surface area contributed by atoms with Gasteiger partial charge in [0.15, 0.2) is 5.75 Å². The molecule has 0 aliphatic rings. The Labute approximate surface area is 67.9 Å². The molecule has 5 heteroatoms. The first kappa shape index (κ1) is 8.32. The molecule has 0 unspecified atom stereocenters. The third-order valence-corrected chi connectivity index (χ3v) is 1.18. The van der Waals surface area contributed by atoms with Gasteiger partial charge in [0.1, 0.15) is 5.82 Å². The fraction of sp³-hybridized carbons (Fsp3) is 0. The van der Waals surface area contributed by atoms with Crippen molar-refractivity contribution < 1.29 is 13.9 Å². The molecular formula is C7H7FN2O2. The van der Waals surface area contributed by atoms with Crippen molar-refractivity contribution in [3.8, 4) is 5.75 Å². The van der Waals surface area contributed by atoms with Crippen LogP contribution in [-0.4, -0.2) is 6.09 Å². The van der Waals surface area contributed by atoms with Crippen LogP contribution in [0.4, 0.5) is 14.9 Å². The van der Waals surface area contributed by atoms with E-state index in [-0.39, 0.29) is 11.4 Å². The fourth-order valence-corrected chi connectivity index (χ4v) is 0.721. The Morgan fingerprint density at radius 2 is 2.17 bits per heavy atom. The van der Waals surface area contributed by atoms with Crippen LogP contribution in [0.25, 0.3) is 0 Å². The van der Waals surface area contributed by atoms with E-state index in [1.165, 1.54) is 6.07 Å². The van der Waals surface area contributed by atoms with Crippen LogP contribution in [0.3, 0.4) is 0 Å². The average molecular weight is 170 g/mol. The topological polar surface area (TPSA) is 78.3 Å². The fourth-order valence-electron chi connectivity index (χ4n) is 0.721. The van der Waals surface area contributed by atoms with Crippen molar-refractivity contribution in [3.63, 3.8) is 0 Å². The Morgan fingerprint density at radius 1 is 1.50 bits per heavy atom. The summed E-state index contributed by atoms with van der Waals surface area (Å²) in [5, 5.41) is 0. The molecule has 64 valence electrons. The third-order valence-electron chi connectivity index (χ3n) is 1.18. The molecule has 1 rings (SSSR count). The van der Waals surface area contributed by atoms with Crippen molar-refractivity contribution >= 4 is 11.8 Å². The van der Waals surface area contributed by atoms with Gasteiger partial charge >= 0.3 is 6.09 Å². The highest BCUT2D eigenvalue weighted by atomic mass is 19.1. The number of nitrogen functional groups attached to an aromatic ring is 1. The second-order valence-electron chi connectivity index (χ2n) is 2.10. The van der Waals surface area contributed by atoms with E-state index in [0.29, 0.717) is 0 Å². The predicted molar refractivity (Wildman–Crippen MR) is 41.0 cm³/mol. The van der Waals surface area contributed by atoms with Gasteiger partial charge in [0.25, 0.3) is 0 Å².